The van der Waals surface area contributed by atoms with E-state index in [-0.39, 0.29) is 5.91 Å². The average molecular weight is 375 g/mol. The largest absolute Gasteiger partial charge is 0.341 e. The van der Waals surface area contributed by atoms with Gasteiger partial charge >= 0.3 is 0 Å². The Kier molecular flexibility index (Phi) is 5.11. The van der Waals surface area contributed by atoms with Crippen molar-refractivity contribution in [3.05, 3.63) is 76.4 Å². The first-order valence-corrected chi connectivity index (χ1v) is 10.4. The van der Waals surface area contributed by atoms with E-state index < -0.39 is 5.54 Å². The molecule has 3 nitrogen and oxygen atoms in total. The summed E-state index contributed by atoms with van der Waals surface area (Å²) in [6, 6.07) is 14.7. The standard InChI is InChI=1S/C25H30N2O/c1-18-6-5-7-19(2)23(18)11-10-20-12-14-27(15-13-20)24(28)25(26)16-21-8-3-4-9-22(21)17-25/h3-11,20H,12-17,26H2,1-2H3. The monoisotopic (exact) mass is 374 g/mol. The third-order valence-corrected chi connectivity index (χ3v) is 6.46. The Bertz CT molecular complexity index is 861. The molecule has 1 aliphatic carbocycles. The van der Waals surface area contributed by atoms with Crippen LogP contribution in [-0.4, -0.2) is 29.4 Å². The van der Waals surface area contributed by atoms with Gasteiger partial charge in [-0.15, -0.1) is 0 Å². The fourth-order valence-electron chi connectivity index (χ4n) is 4.73. The molecule has 0 bridgehead atoms. The highest BCUT2D eigenvalue weighted by Gasteiger charge is 2.43. The number of aryl methyl sites for hydroxylation is 2. The SMILES string of the molecule is Cc1cccc(C)c1C=CC1CCN(C(=O)C2(N)Cc3ccccc3C2)CC1. The summed E-state index contributed by atoms with van der Waals surface area (Å²) < 4.78 is 0. The maximum atomic E-state index is 13.1. The maximum absolute atomic E-state index is 13.1. The summed E-state index contributed by atoms with van der Waals surface area (Å²) in [5.41, 5.74) is 12.2. The normalized spacial score (nSPS) is 19.2. The van der Waals surface area contributed by atoms with Crippen molar-refractivity contribution in [2.45, 2.75) is 45.1 Å². The van der Waals surface area contributed by atoms with Crippen LogP contribution >= 0.6 is 0 Å². The molecule has 2 aromatic rings. The van der Waals surface area contributed by atoms with Crippen LogP contribution in [0.2, 0.25) is 0 Å². The number of hydrogen-bond donors (Lipinski definition) is 1. The molecule has 3 heteroatoms. The Hall–Kier alpha value is -2.39. The molecule has 0 unspecified atom stereocenters. The van der Waals surface area contributed by atoms with Crippen LogP contribution in [0.4, 0.5) is 0 Å². The number of nitrogens with zero attached hydrogens (tertiary/aromatic N) is 1. The molecule has 0 saturated carbocycles. The number of rotatable bonds is 3. The smallest absolute Gasteiger partial charge is 0.243 e. The molecule has 28 heavy (non-hydrogen) atoms. The van der Waals surface area contributed by atoms with Crippen molar-refractivity contribution in [2.75, 3.05) is 13.1 Å². The molecule has 2 aliphatic rings. The maximum Gasteiger partial charge on any atom is 0.243 e. The predicted molar refractivity (Wildman–Crippen MR) is 115 cm³/mol. The lowest BCUT2D eigenvalue weighted by Crippen LogP contribution is -2.57. The Balaban J connectivity index is 1.37. The lowest BCUT2D eigenvalue weighted by atomic mass is 9.90. The molecule has 4 rings (SSSR count). The van der Waals surface area contributed by atoms with E-state index in [4.69, 9.17) is 5.73 Å². The van der Waals surface area contributed by atoms with Crippen LogP contribution in [0, 0.1) is 19.8 Å². The molecular formula is C25H30N2O. The predicted octanol–water partition coefficient (Wildman–Crippen LogP) is 4.05. The van der Waals surface area contributed by atoms with E-state index in [1.54, 1.807) is 0 Å². The van der Waals surface area contributed by atoms with Crippen LogP contribution in [0.15, 0.2) is 48.5 Å². The van der Waals surface area contributed by atoms with Crippen LogP contribution in [-0.2, 0) is 17.6 Å². The van der Waals surface area contributed by atoms with Crippen LogP contribution < -0.4 is 5.73 Å². The number of likely N-dealkylation sites (tertiary alicyclic amines) is 1. The molecule has 1 amide bonds. The van der Waals surface area contributed by atoms with Gasteiger partial charge in [-0.3, -0.25) is 4.79 Å². The van der Waals surface area contributed by atoms with Crippen molar-refractivity contribution >= 4 is 12.0 Å². The van der Waals surface area contributed by atoms with Gasteiger partial charge in [0.05, 0.1) is 0 Å². The average Bonchev–Trinajstić information content (AvgIpc) is 3.05. The summed E-state index contributed by atoms with van der Waals surface area (Å²) in [7, 11) is 0. The highest BCUT2D eigenvalue weighted by Crippen LogP contribution is 2.31. The van der Waals surface area contributed by atoms with Gasteiger partial charge in [-0.25, -0.2) is 0 Å². The van der Waals surface area contributed by atoms with Crippen molar-refractivity contribution in [3.63, 3.8) is 0 Å². The second-order valence-corrected chi connectivity index (χ2v) is 8.57. The first kappa shape index (κ1) is 18.9. The van der Waals surface area contributed by atoms with Crippen molar-refractivity contribution in [1.29, 1.82) is 0 Å². The zero-order valence-corrected chi connectivity index (χ0v) is 16.9. The third-order valence-electron chi connectivity index (χ3n) is 6.46. The second-order valence-electron chi connectivity index (χ2n) is 8.57. The zero-order valence-electron chi connectivity index (χ0n) is 16.9. The molecular weight excluding hydrogens is 344 g/mol. The number of benzene rings is 2. The minimum atomic E-state index is -0.759. The van der Waals surface area contributed by atoms with Gasteiger partial charge in [0, 0.05) is 13.1 Å². The van der Waals surface area contributed by atoms with Gasteiger partial charge in [0.25, 0.3) is 0 Å². The molecule has 0 radical (unpaired) electrons. The third kappa shape index (κ3) is 3.64. The fraction of sp³-hybridized carbons (Fsp3) is 0.400. The van der Waals surface area contributed by atoms with E-state index >= 15 is 0 Å². The van der Waals surface area contributed by atoms with Gasteiger partial charge in [-0.1, -0.05) is 54.6 Å². The molecule has 1 saturated heterocycles. The summed E-state index contributed by atoms with van der Waals surface area (Å²) >= 11 is 0. The molecule has 1 fully saturated rings. The number of nitrogens with two attached hydrogens (primary N) is 1. The van der Waals surface area contributed by atoms with E-state index in [2.05, 4.69) is 56.3 Å². The molecule has 0 aromatic heterocycles. The van der Waals surface area contributed by atoms with Gasteiger partial charge in [0.2, 0.25) is 5.91 Å². The van der Waals surface area contributed by atoms with E-state index in [1.165, 1.54) is 27.8 Å². The number of piperidine rings is 1. The van der Waals surface area contributed by atoms with Crippen LogP contribution in [0.25, 0.3) is 6.08 Å². The van der Waals surface area contributed by atoms with Gasteiger partial charge in [-0.2, -0.15) is 0 Å². The number of allylic oxidation sites excluding steroid dienone is 1. The first-order valence-electron chi connectivity index (χ1n) is 10.4. The minimum Gasteiger partial charge on any atom is -0.341 e. The van der Waals surface area contributed by atoms with Gasteiger partial charge in [0.15, 0.2) is 0 Å². The van der Waals surface area contributed by atoms with E-state index in [0.717, 1.165) is 25.9 Å². The van der Waals surface area contributed by atoms with Crippen molar-refractivity contribution < 1.29 is 4.79 Å². The zero-order chi connectivity index (χ0) is 19.7. The van der Waals surface area contributed by atoms with E-state index in [1.807, 2.05) is 17.0 Å². The number of amides is 1. The Labute approximate surface area is 168 Å². The molecule has 2 N–H and O–H groups in total. The number of fused-ring (bicyclic) bond motifs is 1. The van der Waals surface area contributed by atoms with E-state index in [0.29, 0.717) is 18.8 Å². The van der Waals surface area contributed by atoms with Crippen LogP contribution in [0.1, 0.15) is 40.7 Å². The van der Waals surface area contributed by atoms with Crippen LogP contribution in [0.3, 0.4) is 0 Å². The van der Waals surface area contributed by atoms with Crippen molar-refractivity contribution in [3.8, 4) is 0 Å². The number of carbonyl (C=O) groups excluding carboxylic acids is 1. The molecule has 146 valence electrons. The summed E-state index contributed by atoms with van der Waals surface area (Å²) in [6.45, 7) is 5.92. The van der Waals surface area contributed by atoms with E-state index in [9.17, 15) is 4.79 Å². The number of hydrogen-bond acceptors (Lipinski definition) is 2. The topological polar surface area (TPSA) is 46.3 Å². The molecule has 0 atom stereocenters. The summed E-state index contributed by atoms with van der Waals surface area (Å²) in [5.74, 6) is 0.651. The Morgan fingerprint density at radius 1 is 1.00 bits per heavy atom. The minimum absolute atomic E-state index is 0.126. The highest BCUT2D eigenvalue weighted by atomic mass is 16.2. The summed E-state index contributed by atoms with van der Waals surface area (Å²) in [4.78, 5) is 15.1. The number of carbonyl (C=O) groups is 1. The van der Waals surface area contributed by atoms with Crippen molar-refractivity contribution in [1.82, 2.24) is 4.90 Å². The second kappa shape index (κ2) is 7.56. The molecule has 0 spiro atoms. The molecule has 2 aromatic carbocycles. The molecule has 1 aliphatic heterocycles. The van der Waals surface area contributed by atoms with Crippen molar-refractivity contribution in [2.24, 2.45) is 11.7 Å². The Morgan fingerprint density at radius 2 is 1.57 bits per heavy atom. The molecule has 1 heterocycles. The Morgan fingerprint density at radius 3 is 2.14 bits per heavy atom. The van der Waals surface area contributed by atoms with Crippen LogP contribution in [0.5, 0.6) is 0 Å². The summed E-state index contributed by atoms with van der Waals surface area (Å²) in [6.07, 6.45) is 7.95. The lowest BCUT2D eigenvalue weighted by molar-refractivity contribution is -0.137. The van der Waals surface area contributed by atoms with Gasteiger partial charge < -0.3 is 10.6 Å². The quantitative estimate of drug-likeness (QED) is 0.881. The highest BCUT2D eigenvalue weighted by molar-refractivity contribution is 5.88. The fourth-order valence-corrected chi connectivity index (χ4v) is 4.73. The van der Waals surface area contributed by atoms with Gasteiger partial charge in [0.1, 0.15) is 5.54 Å². The first-order chi connectivity index (χ1) is 13.5. The van der Waals surface area contributed by atoms with Gasteiger partial charge in [-0.05, 0) is 73.3 Å². The summed E-state index contributed by atoms with van der Waals surface area (Å²) in [5, 5.41) is 0. The lowest BCUT2D eigenvalue weighted by Gasteiger charge is -2.36.